The second-order valence-electron chi connectivity index (χ2n) is 8.02. The molecule has 4 atom stereocenters. The Morgan fingerprint density at radius 2 is 1.77 bits per heavy atom. The molecule has 0 spiro atoms. The van der Waals surface area contributed by atoms with Gasteiger partial charge >= 0.3 is 0 Å². The molecule has 2 fully saturated rings. The van der Waals surface area contributed by atoms with E-state index in [-0.39, 0.29) is 24.3 Å². The van der Waals surface area contributed by atoms with Crippen LogP contribution in [0.5, 0.6) is 0 Å². The Kier molecular flexibility index (Phi) is 5.20. The summed E-state index contributed by atoms with van der Waals surface area (Å²) in [7, 11) is 4.05. The van der Waals surface area contributed by atoms with Gasteiger partial charge in [-0.05, 0) is 40.3 Å². The first-order chi connectivity index (χ1) is 14.7. The van der Waals surface area contributed by atoms with Crippen molar-refractivity contribution in [2.75, 3.05) is 32.2 Å². The van der Waals surface area contributed by atoms with E-state index in [1.807, 2.05) is 37.0 Å². The van der Waals surface area contributed by atoms with Gasteiger partial charge in [-0.15, -0.1) is 5.10 Å². The third kappa shape index (κ3) is 3.58. The highest BCUT2D eigenvalue weighted by Crippen LogP contribution is 2.36. The van der Waals surface area contributed by atoms with E-state index in [0.29, 0.717) is 13.2 Å². The Bertz CT molecular complexity index is 975. The third-order valence-corrected chi connectivity index (χ3v) is 5.89. The molecule has 2 aromatic carbocycles. The van der Waals surface area contributed by atoms with Crippen molar-refractivity contribution in [2.45, 2.75) is 30.8 Å². The molecule has 0 radical (unpaired) electrons. The summed E-state index contributed by atoms with van der Waals surface area (Å²) in [6, 6.07) is 18.7. The minimum Gasteiger partial charge on any atom is -0.378 e. The van der Waals surface area contributed by atoms with Crippen LogP contribution in [0.3, 0.4) is 0 Å². The third-order valence-electron chi connectivity index (χ3n) is 5.89. The monoisotopic (exact) mass is 406 g/mol. The summed E-state index contributed by atoms with van der Waals surface area (Å²) in [4.78, 5) is 2.07. The van der Waals surface area contributed by atoms with Crippen molar-refractivity contribution >= 4 is 5.69 Å². The molecule has 0 aliphatic carbocycles. The van der Waals surface area contributed by atoms with E-state index < -0.39 is 0 Å². The quantitative estimate of drug-likeness (QED) is 0.670. The highest BCUT2D eigenvalue weighted by atomic mass is 16.6. The average molecular weight is 406 g/mol. The number of nitrogens with one attached hydrogen (secondary N) is 1. The number of hydrogen-bond acceptors (Lipinski definition) is 7. The van der Waals surface area contributed by atoms with Crippen molar-refractivity contribution in [1.29, 1.82) is 0 Å². The lowest BCUT2D eigenvalue weighted by atomic mass is 10.1. The van der Waals surface area contributed by atoms with E-state index >= 15 is 0 Å². The number of tetrazole rings is 1. The smallest absolute Gasteiger partial charge is 0.182 e. The molecular formula is C22H26N6O2. The average Bonchev–Trinajstić information content (AvgIpc) is 3.50. The number of rotatable bonds is 6. The molecule has 0 unspecified atom stereocenters. The van der Waals surface area contributed by atoms with Gasteiger partial charge in [-0.3, -0.25) is 0 Å². The second kappa shape index (κ2) is 8.14. The minimum atomic E-state index is -0.0680. The van der Waals surface area contributed by atoms with Gasteiger partial charge in [0.25, 0.3) is 0 Å². The van der Waals surface area contributed by atoms with Crippen LogP contribution in [0.25, 0.3) is 11.4 Å². The second-order valence-corrected chi connectivity index (χ2v) is 8.02. The van der Waals surface area contributed by atoms with Crippen LogP contribution in [0, 0.1) is 0 Å². The first-order valence-corrected chi connectivity index (χ1v) is 10.3. The van der Waals surface area contributed by atoms with Crippen molar-refractivity contribution in [3.05, 3.63) is 60.2 Å². The summed E-state index contributed by atoms with van der Waals surface area (Å²) in [5.41, 5.74) is 3.36. The number of benzene rings is 2. The van der Waals surface area contributed by atoms with E-state index in [9.17, 15) is 0 Å². The van der Waals surface area contributed by atoms with E-state index in [0.717, 1.165) is 23.6 Å². The number of anilines is 1. The predicted octanol–water partition coefficient (Wildman–Crippen LogP) is 1.90. The molecule has 156 valence electrons. The lowest BCUT2D eigenvalue weighted by Crippen LogP contribution is -2.40. The summed E-state index contributed by atoms with van der Waals surface area (Å²) in [6.07, 6.45) is -0.0755. The van der Waals surface area contributed by atoms with Crippen molar-refractivity contribution in [1.82, 2.24) is 25.5 Å². The Balaban J connectivity index is 1.30. The SMILES string of the molecule is CN(C)c1ccc(-c2nnnn2[C@H]2CO[C@H]3[C@@H]2OC[C@@H]3NCc2ccccc2)cc1. The molecule has 30 heavy (non-hydrogen) atoms. The first-order valence-electron chi connectivity index (χ1n) is 10.3. The molecule has 1 N–H and O–H groups in total. The van der Waals surface area contributed by atoms with Gasteiger partial charge in [0, 0.05) is 31.9 Å². The molecule has 5 rings (SSSR count). The maximum absolute atomic E-state index is 6.15. The minimum absolute atomic E-state index is 0.00752. The zero-order valence-electron chi connectivity index (χ0n) is 17.2. The fourth-order valence-electron chi connectivity index (χ4n) is 4.22. The number of fused-ring (bicyclic) bond motifs is 1. The van der Waals surface area contributed by atoms with Gasteiger partial charge < -0.3 is 19.7 Å². The molecule has 0 saturated carbocycles. The van der Waals surface area contributed by atoms with Gasteiger partial charge in [0.1, 0.15) is 18.2 Å². The van der Waals surface area contributed by atoms with Crippen LogP contribution in [0.1, 0.15) is 11.6 Å². The lowest BCUT2D eigenvalue weighted by molar-refractivity contribution is 0.0621. The molecule has 2 saturated heterocycles. The van der Waals surface area contributed by atoms with Crippen LogP contribution in [0.2, 0.25) is 0 Å². The Hall–Kier alpha value is -2.81. The number of ether oxygens (including phenoxy) is 2. The van der Waals surface area contributed by atoms with Gasteiger partial charge in [0.2, 0.25) is 0 Å². The van der Waals surface area contributed by atoms with E-state index in [1.165, 1.54) is 5.56 Å². The molecular weight excluding hydrogens is 380 g/mol. The number of hydrogen-bond donors (Lipinski definition) is 1. The fraction of sp³-hybridized carbons (Fsp3) is 0.409. The van der Waals surface area contributed by atoms with Crippen LogP contribution in [-0.4, -0.2) is 65.8 Å². The lowest BCUT2D eigenvalue weighted by Gasteiger charge is -2.18. The maximum atomic E-state index is 6.15. The Morgan fingerprint density at radius 3 is 2.53 bits per heavy atom. The van der Waals surface area contributed by atoms with Crippen molar-refractivity contribution in [2.24, 2.45) is 0 Å². The largest absolute Gasteiger partial charge is 0.378 e. The fourth-order valence-corrected chi connectivity index (χ4v) is 4.22. The summed E-state index contributed by atoms with van der Waals surface area (Å²) in [6.45, 7) is 1.95. The summed E-state index contributed by atoms with van der Waals surface area (Å²) in [5, 5.41) is 16.1. The Morgan fingerprint density at radius 1 is 1.00 bits per heavy atom. The normalized spacial score (nSPS) is 25.4. The van der Waals surface area contributed by atoms with Crippen LogP contribution < -0.4 is 10.2 Å². The topological polar surface area (TPSA) is 77.3 Å². The predicted molar refractivity (Wildman–Crippen MR) is 113 cm³/mol. The molecule has 3 aromatic rings. The highest BCUT2D eigenvalue weighted by Gasteiger charge is 2.49. The molecule has 2 aliphatic rings. The van der Waals surface area contributed by atoms with Crippen LogP contribution in [0.4, 0.5) is 5.69 Å². The molecule has 8 heteroatoms. The van der Waals surface area contributed by atoms with Gasteiger partial charge in [-0.25, -0.2) is 4.68 Å². The Labute approximate surface area is 175 Å². The highest BCUT2D eigenvalue weighted by molar-refractivity contribution is 5.60. The standard InChI is InChI=1S/C22H26N6O2/c1-27(2)17-10-8-16(9-11-17)22-24-25-26-28(22)19-14-30-20-18(13-29-21(19)20)23-12-15-6-4-3-5-7-15/h3-11,18-21,23H,12-14H2,1-2H3/t18-,19-,20+,21+/m0/s1. The summed E-state index contributed by atoms with van der Waals surface area (Å²) in [5.74, 6) is 0.735. The van der Waals surface area contributed by atoms with E-state index in [4.69, 9.17) is 9.47 Å². The van der Waals surface area contributed by atoms with Crippen LogP contribution in [-0.2, 0) is 16.0 Å². The van der Waals surface area contributed by atoms with Gasteiger partial charge in [-0.2, -0.15) is 0 Å². The molecule has 3 heterocycles. The molecule has 0 amide bonds. The molecule has 1 aromatic heterocycles. The van der Waals surface area contributed by atoms with Crippen molar-refractivity contribution in [3.8, 4) is 11.4 Å². The number of aromatic nitrogens is 4. The maximum Gasteiger partial charge on any atom is 0.182 e. The van der Waals surface area contributed by atoms with Gasteiger partial charge in [0.05, 0.1) is 19.3 Å². The van der Waals surface area contributed by atoms with Gasteiger partial charge in [0.15, 0.2) is 5.82 Å². The first kappa shape index (κ1) is 19.2. The van der Waals surface area contributed by atoms with Crippen LogP contribution >= 0.6 is 0 Å². The molecule has 0 bridgehead atoms. The molecule has 2 aliphatic heterocycles. The summed E-state index contributed by atoms with van der Waals surface area (Å²) >= 11 is 0. The van der Waals surface area contributed by atoms with Crippen LogP contribution in [0.15, 0.2) is 54.6 Å². The number of nitrogens with zero attached hydrogens (tertiary/aromatic N) is 5. The van der Waals surface area contributed by atoms with Crippen molar-refractivity contribution < 1.29 is 9.47 Å². The molecule has 8 nitrogen and oxygen atoms in total. The summed E-state index contributed by atoms with van der Waals surface area (Å²) < 4.78 is 14.1. The zero-order chi connectivity index (χ0) is 20.5. The van der Waals surface area contributed by atoms with E-state index in [1.54, 1.807) is 0 Å². The van der Waals surface area contributed by atoms with Crippen molar-refractivity contribution in [3.63, 3.8) is 0 Å². The van der Waals surface area contributed by atoms with E-state index in [2.05, 4.69) is 62.1 Å². The zero-order valence-corrected chi connectivity index (χ0v) is 17.2. The van der Waals surface area contributed by atoms with Gasteiger partial charge in [-0.1, -0.05) is 30.3 Å².